The third-order valence-corrected chi connectivity index (χ3v) is 4.94. The molecule has 1 unspecified atom stereocenters. The van der Waals surface area contributed by atoms with E-state index in [1.807, 2.05) is 11.3 Å². The molecule has 0 radical (unpaired) electrons. The van der Waals surface area contributed by atoms with Crippen LogP contribution in [0.1, 0.15) is 49.2 Å². The van der Waals surface area contributed by atoms with Crippen LogP contribution in [0.4, 0.5) is 0 Å². The standard InChI is InChI=1S/C13H23N3S/c1-4-7-16-8-6-10-11(9-16)17-12(15-10)13(3,14)5-2/h4-9,14H2,1-3H3. The van der Waals surface area contributed by atoms with Gasteiger partial charge in [0.1, 0.15) is 5.01 Å². The third-order valence-electron chi connectivity index (χ3n) is 3.57. The fourth-order valence-corrected chi connectivity index (χ4v) is 3.43. The van der Waals surface area contributed by atoms with Gasteiger partial charge < -0.3 is 5.73 Å². The number of thiazole rings is 1. The lowest BCUT2D eigenvalue weighted by Crippen LogP contribution is -2.32. The monoisotopic (exact) mass is 253 g/mol. The molecular weight excluding hydrogens is 230 g/mol. The van der Waals surface area contributed by atoms with Crippen LogP contribution in [0.25, 0.3) is 0 Å². The van der Waals surface area contributed by atoms with Crippen molar-refractivity contribution in [2.75, 3.05) is 13.1 Å². The van der Waals surface area contributed by atoms with Crippen LogP contribution in [0, 0.1) is 0 Å². The van der Waals surface area contributed by atoms with Crippen molar-refractivity contribution in [1.29, 1.82) is 0 Å². The topological polar surface area (TPSA) is 42.2 Å². The fraction of sp³-hybridized carbons (Fsp3) is 0.769. The summed E-state index contributed by atoms with van der Waals surface area (Å²) < 4.78 is 0. The van der Waals surface area contributed by atoms with E-state index in [1.165, 1.54) is 23.5 Å². The first-order chi connectivity index (χ1) is 8.06. The number of fused-ring (bicyclic) bond motifs is 1. The lowest BCUT2D eigenvalue weighted by molar-refractivity contribution is 0.256. The van der Waals surface area contributed by atoms with Crippen molar-refractivity contribution in [1.82, 2.24) is 9.88 Å². The maximum absolute atomic E-state index is 6.28. The summed E-state index contributed by atoms with van der Waals surface area (Å²) >= 11 is 1.82. The summed E-state index contributed by atoms with van der Waals surface area (Å²) in [5.74, 6) is 0. The zero-order valence-corrected chi connectivity index (χ0v) is 11.9. The number of hydrogen-bond donors (Lipinski definition) is 1. The first-order valence-corrected chi connectivity index (χ1v) is 7.38. The molecule has 1 aromatic heterocycles. The van der Waals surface area contributed by atoms with Crippen LogP contribution in [-0.4, -0.2) is 23.0 Å². The largest absolute Gasteiger partial charge is 0.320 e. The lowest BCUT2D eigenvalue weighted by atomic mass is 10.0. The van der Waals surface area contributed by atoms with Gasteiger partial charge in [-0.1, -0.05) is 13.8 Å². The number of aromatic nitrogens is 1. The van der Waals surface area contributed by atoms with E-state index in [1.54, 1.807) is 0 Å². The summed E-state index contributed by atoms with van der Waals surface area (Å²) in [7, 11) is 0. The minimum Gasteiger partial charge on any atom is -0.320 e. The van der Waals surface area contributed by atoms with Crippen molar-refractivity contribution in [2.45, 2.75) is 52.1 Å². The maximum atomic E-state index is 6.28. The summed E-state index contributed by atoms with van der Waals surface area (Å²) in [6.07, 6.45) is 3.26. The summed E-state index contributed by atoms with van der Waals surface area (Å²) in [6, 6.07) is 0. The Morgan fingerprint density at radius 3 is 2.88 bits per heavy atom. The highest BCUT2D eigenvalue weighted by Gasteiger charge is 2.27. The summed E-state index contributed by atoms with van der Waals surface area (Å²) in [6.45, 7) is 9.87. The number of nitrogens with two attached hydrogens (primary N) is 1. The van der Waals surface area contributed by atoms with Crippen molar-refractivity contribution in [3.63, 3.8) is 0 Å². The summed E-state index contributed by atoms with van der Waals surface area (Å²) in [4.78, 5) is 8.71. The number of nitrogens with zero attached hydrogens (tertiary/aromatic N) is 2. The number of hydrogen-bond acceptors (Lipinski definition) is 4. The highest BCUT2D eigenvalue weighted by atomic mass is 32.1. The van der Waals surface area contributed by atoms with Gasteiger partial charge >= 0.3 is 0 Å². The Bertz CT molecular complexity index is 384. The van der Waals surface area contributed by atoms with E-state index in [-0.39, 0.29) is 5.54 Å². The van der Waals surface area contributed by atoms with Crippen molar-refractivity contribution in [2.24, 2.45) is 5.73 Å². The van der Waals surface area contributed by atoms with Gasteiger partial charge in [-0.25, -0.2) is 4.98 Å². The van der Waals surface area contributed by atoms with E-state index >= 15 is 0 Å². The molecule has 96 valence electrons. The molecule has 1 aliphatic rings. The van der Waals surface area contributed by atoms with Crippen molar-refractivity contribution < 1.29 is 0 Å². The average Bonchev–Trinajstić information content (AvgIpc) is 2.73. The molecule has 0 spiro atoms. The Hall–Kier alpha value is -0.450. The molecule has 0 amide bonds. The molecule has 0 aromatic carbocycles. The van der Waals surface area contributed by atoms with E-state index in [2.05, 4.69) is 25.7 Å². The van der Waals surface area contributed by atoms with E-state index < -0.39 is 0 Å². The predicted octanol–water partition coefficient (Wildman–Crippen LogP) is 2.50. The molecule has 3 nitrogen and oxygen atoms in total. The first kappa shape index (κ1) is 13.0. The quantitative estimate of drug-likeness (QED) is 0.896. The van der Waals surface area contributed by atoms with Gasteiger partial charge in [-0.05, 0) is 26.3 Å². The smallest absolute Gasteiger partial charge is 0.113 e. The van der Waals surface area contributed by atoms with Gasteiger partial charge in [-0.2, -0.15) is 0 Å². The molecule has 2 N–H and O–H groups in total. The van der Waals surface area contributed by atoms with E-state index in [0.717, 1.165) is 30.9 Å². The molecule has 1 atom stereocenters. The highest BCUT2D eigenvalue weighted by molar-refractivity contribution is 7.11. The fourth-order valence-electron chi connectivity index (χ4n) is 2.15. The van der Waals surface area contributed by atoms with Crippen LogP contribution in [0.15, 0.2) is 0 Å². The van der Waals surface area contributed by atoms with Gasteiger partial charge in [0.05, 0.1) is 11.2 Å². The molecule has 4 heteroatoms. The molecule has 0 aliphatic carbocycles. The molecule has 1 aliphatic heterocycles. The summed E-state index contributed by atoms with van der Waals surface area (Å²) in [5, 5.41) is 1.11. The normalized spacial score (nSPS) is 20.0. The van der Waals surface area contributed by atoms with Gasteiger partial charge in [0, 0.05) is 24.4 Å². The zero-order valence-electron chi connectivity index (χ0n) is 11.1. The Morgan fingerprint density at radius 1 is 1.47 bits per heavy atom. The Balaban J connectivity index is 2.17. The molecule has 0 saturated carbocycles. The zero-order chi connectivity index (χ0) is 12.5. The van der Waals surface area contributed by atoms with E-state index in [9.17, 15) is 0 Å². The predicted molar refractivity (Wildman–Crippen MR) is 73.2 cm³/mol. The molecule has 2 rings (SSSR count). The van der Waals surface area contributed by atoms with E-state index in [4.69, 9.17) is 10.7 Å². The first-order valence-electron chi connectivity index (χ1n) is 6.57. The Labute approximate surface area is 108 Å². The second-order valence-corrected chi connectivity index (χ2v) is 6.27. The molecule has 17 heavy (non-hydrogen) atoms. The van der Waals surface area contributed by atoms with E-state index in [0.29, 0.717) is 0 Å². The van der Waals surface area contributed by atoms with Crippen LogP contribution in [-0.2, 0) is 18.5 Å². The molecule has 0 saturated heterocycles. The third kappa shape index (κ3) is 2.69. The van der Waals surface area contributed by atoms with Crippen LogP contribution in [0.3, 0.4) is 0 Å². The Morgan fingerprint density at radius 2 is 2.24 bits per heavy atom. The Kier molecular flexibility index (Phi) is 3.85. The minimum absolute atomic E-state index is 0.252. The lowest BCUT2D eigenvalue weighted by Gasteiger charge is -2.25. The average molecular weight is 253 g/mol. The van der Waals surface area contributed by atoms with Gasteiger partial charge in [0.25, 0.3) is 0 Å². The molecule has 0 bridgehead atoms. The molecule has 1 aromatic rings. The van der Waals surface area contributed by atoms with Crippen LogP contribution < -0.4 is 5.73 Å². The minimum atomic E-state index is -0.252. The second-order valence-electron chi connectivity index (χ2n) is 5.19. The SMILES string of the molecule is CCCN1CCc2nc(C(C)(N)CC)sc2C1. The number of rotatable bonds is 4. The molecule has 2 heterocycles. The molecule has 0 fully saturated rings. The second kappa shape index (κ2) is 5.04. The van der Waals surface area contributed by atoms with Crippen molar-refractivity contribution in [3.05, 3.63) is 15.6 Å². The highest BCUT2D eigenvalue weighted by Crippen LogP contribution is 2.31. The van der Waals surface area contributed by atoms with Crippen LogP contribution >= 0.6 is 11.3 Å². The van der Waals surface area contributed by atoms with Gasteiger partial charge in [0.2, 0.25) is 0 Å². The van der Waals surface area contributed by atoms with Crippen LogP contribution in [0.2, 0.25) is 0 Å². The van der Waals surface area contributed by atoms with Crippen molar-refractivity contribution >= 4 is 11.3 Å². The van der Waals surface area contributed by atoms with Gasteiger partial charge in [-0.3, -0.25) is 4.90 Å². The van der Waals surface area contributed by atoms with Gasteiger partial charge in [0.15, 0.2) is 0 Å². The van der Waals surface area contributed by atoms with Crippen LogP contribution in [0.5, 0.6) is 0 Å². The van der Waals surface area contributed by atoms with Gasteiger partial charge in [-0.15, -0.1) is 11.3 Å². The summed E-state index contributed by atoms with van der Waals surface area (Å²) in [5.41, 5.74) is 7.32. The molecular formula is C13H23N3S. The maximum Gasteiger partial charge on any atom is 0.113 e. The van der Waals surface area contributed by atoms with Crippen molar-refractivity contribution in [3.8, 4) is 0 Å².